The van der Waals surface area contributed by atoms with Gasteiger partial charge in [-0.3, -0.25) is 0 Å². The van der Waals surface area contributed by atoms with E-state index in [1.165, 1.54) is 0 Å². The van der Waals surface area contributed by atoms with Crippen molar-refractivity contribution in [1.29, 1.82) is 0 Å². The van der Waals surface area contributed by atoms with E-state index >= 15 is 0 Å². The largest absolute Gasteiger partial charge is 0.378 e. The lowest BCUT2D eigenvalue weighted by molar-refractivity contribution is 0.0167. The van der Waals surface area contributed by atoms with Crippen molar-refractivity contribution in [2.24, 2.45) is 5.73 Å². The lowest BCUT2D eigenvalue weighted by atomic mass is 10.1. The van der Waals surface area contributed by atoms with Gasteiger partial charge in [-0.15, -0.1) is 0 Å². The summed E-state index contributed by atoms with van der Waals surface area (Å²) in [6, 6.07) is 0.413. The van der Waals surface area contributed by atoms with Crippen molar-refractivity contribution in [3.05, 3.63) is 0 Å². The van der Waals surface area contributed by atoms with Crippen LogP contribution >= 0.6 is 12.2 Å². The molecule has 1 rings (SSSR count). The molecule has 11 heavy (non-hydrogen) atoms. The third kappa shape index (κ3) is 3.03. The first-order chi connectivity index (χ1) is 5.18. The van der Waals surface area contributed by atoms with Crippen molar-refractivity contribution in [2.45, 2.75) is 31.9 Å². The SMILES string of the molecule is CC1CC(NC(N)=S)CCO1. The molecule has 1 aliphatic rings. The van der Waals surface area contributed by atoms with Crippen LogP contribution in [0.25, 0.3) is 0 Å². The molecule has 3 N–H and O–H groups in total. The summed E-state index contributed by atoms with van der Waals surface area (Å²) in [6.45, 7) is 2.87. The maximum atomic E-state index is 5.37. The van der Waals surface area contributed by atoms with Gasteiger partial charge in [0.25, 0.3) is 0 Å². The number of thiocarbonyl (C=S) groups is 1. The molecule has 1 aliphatic heterocycles. The van der Waals surface area contributed by atoms with E-state index in [1.807, 2.05) is 0 Å². The topological polar surface area (TPSA) is 47.3 Å². The van der Waals surface area contributed by atoms with Crippen LogP contribution in [0, 0.1) is 0 Å². The van der Waals surface area contributed by atoms with Crippen molar-refractivity contribution in [1.82, 2.24) is 5.32 Å². The van der Waals surface area contributed by atoms with Crippen molar-refractivity contribution in [3.63, 3.8) is 0 Å². The Labute approximate surface area is 72.3 Å². The van der Waals surface area contributed by atoms with E-state index < -0.39 is 0 Å². The van der Waals surface area contributed by atoms with Gasteiger partial charge in [-0.2, -0.15) is 0 Å². The van der Waals surface area contributed by atoms with Crippen LogP contribution in [0.1, 0.15) is 19.8 Å². The minimum Gasteiger partial charge on any atom is -0.378 e. The summed E-state index contributed by atoms with van der Waals surface area (Å²) in [4.78, 5) is 0. The van der Waals surface area contributed by atoms with Crippen molar-refractivity contribution in [2.75, 3.05) is 6.61 Å². The Morgan fingerprint density at radius 1 is 1.73 bits per heavy atom. The van der Waals surface area contributed by atoms with Gasteiger partial charge in [-0.25, -0.2) is 0 Å². The molecule has 3 nitrogen and oxygen atoms in total. The van der Waals surface area contributed by atoms with E-state index in [1.54, 1.807) is 0 Å². The smallest absolute Gasteiger partial charge is 0.163 e. The van der Waals surface area contributed by atoms with Crippen molar-refractivity contribution < 1.29 is 4.74 Å². The Morgan fingerprint density at radius 2 is 2.45 bits per heavy atom. The first-order valence-corrected chi connectivity index (χ1v) is 4.27. The molecule has 2 unspecified atom stereocenters. The number of nitrogens with two attached hydrogens (primary N) is 1. The molecule has 0 aromatic rings. The fraction of sp³-hybridized carbons (Fsp3) is 0.857. The minimum absolute atomic E-state index is 0.329. The predicted molar refractivity (Wildman–Crippen MR) is 48.4 cm³/mol. The first-order valence-electron chi connectivity index (χ1n) is 3.86. The maximum Gasteiger partial charge on any atom is 0.163 e. The number of nitrogens with one attached hydrogen (secondary N) is 1. The molecule has 0 amide bonds. The summed E-state index contributed by atoms with van der Waals surface area (Å²) in [6.07, 6.45) is 2.33. The number of hydrogen-bond acceptors (Lipinski definition) is 2. The standard InChI is InChI=1S/C7H14N2OS/c1-5-4-6(2-3-10-5)9-7(8)11/h5-6H,2-4H2,1H3,(H3,8,9,11). The van der Waals surface area contributed by atoms with Crippen molar-refractivity contribution in [3.8, 4) is 0 Å². The van der Waals surface area contributed by atoms with E-state index in [-0.39, 0.29) is 0 Å². The van der Waals surface area contributed by atoms with Gasteiger partial charge in [0.2, 0.25) is 0 Å². The number of hydrogen-bond donors (Lipinski definition) is 2. The van der Waals surface area contributed by atoms with E-state index in [9.17, 15) is 0 Å². The molecule has 4 heteroatoms. The summed E-state index contributed by atoms with van der Waals surface area (Å²) in [5.74, 6) is 0. The van der Waals surface area contributed by atoms with Gasteiger partial charge in [-0.1, -0.05) is 0 Å². The molecular formula is C7H14N2OS. The summed E-state index contributed by atoms with van der Waals surface area (Å²) < 4.78 is 5.37. The predicted octanol–water partition coefficient (Wildman–Crippen LogP) is 0.387. The summed E-state index contributed by atoms with van der Waals surface area (Å²) in [7, 11) is 0. The molecule has 0 aromatic carbocycles. The van der Waals surface area contributed by atoms with Crippen LogP contribution in [0.15, 0.2) is 0 Å². The highest BCUT2D eigenvalue weighted by Gasteiger charge is 2.18. The van der Waals surface area contributed by atoms with Crippen LogP contribution in [0.3, 0.4) is 0 Å². The van der Waals surface area contributed by atoms with Crippen LogP contribution in [0.2, 0.25) is 0 Å². The number of ether oxygens (including phenoxy) is 1. The van der Waals surface area contributed by atoms with Crippen LogP contribution in [-0.2, 0) is 4.74 Å². The quantitative estimate of drug-likeness (QED) is 0.564. The Balaban J connectivity index is 2.28. The van der Waals surface area contributed by atoms with E-state index in [0.717, 1.165) is 19.4 Å². The highest BCUT2D eigenvalue weighted by molar-refractivity contribution is 7.80. The third-order valence-corrected chi connectivity index (χ3v) is 1.95. The lowest BCUT2D eigenvalue weighted by Crippen LogP contribution is -2.43. The molecule has 1 saturated heterocycles. The Kier molecular flexibility index (Phi) is 3.08. The van der Waals surface area contributed by atoms with E-state index in [4.69, 9.17) is 22.7 Å². The molecule has 2 atom stereocenters. The molecular weight excluding hydrogens is 160 g/mol. The Hall–Kier alpha value is -0.350. The second-order valence-corrected chi connectivity index (χ2v) is 3.35. The van der Waals surface area contributed by atoms with Gasteiger partial charge in [-0.05, 0) is 32.0 Å². The molecule has 0 saturated carbocycles. The van der Waals surface area contributed by atoms with Gasteiger partial charge < -0.3 is 15.8 Å². The highest BCUT2D eigenvalue weighted by Crippen LogP contribution is 2.12. The van der Waals surface area contributed by atoms with E-state index in [0.29, 0.717) is 17.3 Å². The molecule has 1 fully saturated rings. The molecule has 0 radical (unpaired) electrons. The molecule has 0 aliphatic carbocycles. The lowest BCUT2D eigenvalue weighted by Gasteiger charge is -2.27. The third-order valence-electron chi connectivity index (χ3n) is 1.83. The van der Waals surface area contributed by atoms with Crippen LogP contribution < -0.4 is 11.1 Å². The zero-order chi connectivity index (χ0) is 8.27. The summed E-state index contributed by atoms with van der Waals surface area (Å²) >= 11 is 4.74. The van der Waals surface area contributed by atoms with Gasteiger partial charge in [0, 0.05) is 12.6 Å². The van der Waals surface area contributed by atoms with Crippen LogP contribution in [0.4, 0.5) is 0 Å². The molecule has 0 aromatic heterocycles. The zero-order valence-corrected chi connectivity index (χ0v) is 7.49. The summed E-state index contributed by atoms with van der Waals surface area (Å²) in [5, 5.41) is 3.43. The average molecular weight is 174 g/mol. The fourth-order valence-electron chi connectivity index (χ4n) is 1.33. The number of rotatable bonds is 1. The minimum atomic E-state index is 0.329. The molecule has 0 spiro atoms. The second-order valence-electron chi connectivity index (χ2n) is 2.91. The van der Waals surface area contributed by atoms with Gasteiger partial charge >= 0.3 is 0 Å². The Bertz CT molecular complexity index is 151. The van der Waals surface area contributed by atoms with Crippen LogP contribution in [-0.4, -0.2) is 23.9 Å². The highest BCUT2D eigenvalue weighted by atomic mass is 32.1. The first kappa shape index (κ1) is 8.74. The Morgan fingerprint density at radius 3 is 3.00 bits per heavy atom. The zero-order valence-electron chi connectivity index (χ0n) is 6.67. The second kappa shape index (κ2) is 3.88. The van der Waals surface area contributed by atoms with Gasteiger partial charge in [0.1, 0.15) is 0 Å². The monoisotopic (exact) mass is 174 g/mol. The van der Waals surface area contributed by atoms with Crippen LogP contribution in [0.5, 0.6) is 0 Å². The maximum absolute atomic E-state index is 5.37. The normalized spacial score (nSPS) is 31.4. The van der Waals surface area contributed by atoms with E-state index in [2.05, 4.69) is 12.2 Å². The average Bonchev–Trinajstić information content (AvgIpc) is 1.85. The molecule has 1 heterocycles. The van der Waals surface area contributed by atoms with Gasteiger partial charge in [0.15, 0.2) is 5.11 Å². The molecule has 0 bridgehead atoms. The van der Waals surface area contributed by atoms with Crippen molar-refractivity contribution >= 4 is 17.3 Å². The summed E-state index contributed by atoms with van der Waals surface area (Å²) in [5.41, 5.74) is 5.35. The molecule has 64 valence electrons. The van der Waals surface area contributed by atoms with Gasteiger partial charge in [0.05, 0.1) is 6.10 Å². The fourth-order valence-corrected chi connectivity index (χ4v) is 1.50.